The van der Waals surface area contributed by atoms with Crippen molar-refractivity contribution in [1.82, 2.24) is 4.90 Å². The second-order valence-corrected chi connectivity index (χ2v) is 6.16. The molecule has 0 aromatic heterocycles. The summed E-state index contributed by atoms with van der Waals surface area (Å²) in [5.74, 6) is 0. The van der Waals surface area contributed by atoms with Gasteiger partial charge < -0.3 is 10.2 Å². The van der Waals surface area contributed by atoms with E-state index in [1.807, 2.05) is 6.92 Å². The van der Waals surface area contributed by atoms with Gasteiger partial charge in [0.2, 0.25) is 0 Å². The van der Waals surface area contributed by atoms with Crippen LogP contribution >= 0.6 is 15.9 Å². The van der Waals surface area contributed by atoms with E-state index in [-0.39, 0.29) is 11.7 Å². The van der Waals surface area contributed by atoms with Gasteiger partial charge in [0.1, 0.15) is 0 Å². The number of hydrogen-bond donors (Lipinski definition) is 1. The monoisotopic (exact) mass is 350 g/mol. The Bertz CT molecular complexity index is 456. The fourth-order valence-electron chi connectivity index (χ4n) is 2.55. The maximum absolute atomic E-state index is 13.0. The number of nitrogens with zero attached hydrogens (tertiary/aromatic N) is 1. The zero-order valence-electron chi connectivity index (χ0n) is 11.3. The molecule has 1 heterocycles. The van der Waals surface area contributed by atoms with Crippen molar-refractivity contribution in [2.24, 2.45) is 0 Å². The molecule has 1 aromatic carbocycles. The summed E-state index contributed by atoms with van der Waals surface area (Å²) in [6, 6.07) is 3.99. The third kappa shape index (κ3) is 4.12. The molecule has 1 aliphatic heterocycles. The van der Waals surface area contributed by atoms with Gasteiger partial charge >= 0.3 is 6.18 Å². The van der Waals surface area contributed by atoms with Crippen molar-refractivity contribution in [3.63, 3.8) is 0 Å². The molecule has 0 bridgehead atoms. The molecule has 1 unspecified atom stereocenters. The highest BCUT2D eigenvalue weighted by atomic mass is 79.9. The quantitative estimate of drug-likeness (QED) is 0.867. The van der Waals surface area contributed by atoms with E-state index in [2.05, 4.69) is 26.1 Å². The normalized spacial score (nSPS) is 18.2. The van der Waals surface area contributed by atoms with Gasteiger partial charge in [-0.3, -0.25) is 0 Å². The van der Waals surface area contributed by atoms with Crippen molar-refractivity contribution in [3.8, 4) is 0 Å². The number of anilines is 1. The number of halogens is 4. The summed E-state index contributed by atoms with van der Waals surface area (Å²) in [4.78, 5) is 2.28. The smallest absolute Gasteiger partial charge is 0.381 e. The van der Waals surface area contributed by atoms with Crippen molar-refractivity contribution in [2.75, 3.05) is 25.0 Å². The van der Waals surface area contributed by atoms with Crippen LogP contribution in [0.2, 0.25) is 0 Å². The predicted octanol–water partition coefficient (Wildman–Crippen LogP) is 4.36. The van der Waals surface area contributed by atoms with E-state index in [0.717, 1.165) is 25.7 Å². The zero-order valence-corrected chi connectivity index (χ0v) is 12.9. The molecule has 0 amide bonds. The van der Waals surface area contributed by atoms with Gasteiger partial charge in [0.15, 0.2) is 0 Å². The van der Waals surface area contributed by atoms with Gasteiger partial charge in [0.05, 0.1) is 5.56 Å². The Morgan fingerprint density at radius 1 is 1.30 bits per heavy atom. The molecule has 2 rings (SSSR count). The van der Waals surface area contributed by atoms with Gasteiger partial charge in [-0.15, -0.1) is 0 Å². The van der Waals surface area contributed by atoms with E-state index < -0.39 is 11.7 Å². The molecule has 0 spiro atoms. The first-order chi connectivity index (χ1) is 9.36. The Hall–Kier alpha value is -0.750. The Labute approximate surface area is 125 Å². The molecule has 1 N–H and O–H groups in total. The minimum Gasteiger partial charge on any atom is -0.381 e. The molecule has 1 fully saturated rings. The molecule has 20 heavy (non-hydrogen) atoms. The van der Waals surface area contributed by atoms with E-state index in [0.29, 0.717) is 4.47 Å². The van der Waals surface area contributed by atoms with E-state index in [4.69, 9.17) is 0 Å². The molecule has 1 saturated heterocycles. The molecule has 1 aromatic rings. The highest BCUT2D eigenvalue weighted by Crippen LogP contribution is 2.36. The van der Waals surface area contributed by atoms with Crippen LogP contribution in [0.15, 0.2) is 22.7 Å². The van der Waals surface area contributed by atoms with Gasteiger partial charge in [-0.05, 0) is 51.1 Å². The van der Waals surface area contributed by atoms with Gasteiger partial charge in [-0.25, -0.2) is 0 Å². The summed E-state index contributed by atoms with van der Waals surface area (Å²) in [5.41, 5.74) is -0.479. The number of rotatable bonds is 4. The Balaban J connectivity index is 2.08. The SMILES string of the molecule is CC(CN1CCCC1)Nc1cc(Br)ccc1C(F)(F)F. The van der Waals surface area contributed by atoms with Crippen LogP contribution in [0.1, 0.15) is 25.3 Å². The third-order valence-electron chi connectivity index (χ3n) is 3.42. The van der Waals surface area contributed by atoms with Crippen LogP contribution in [0.25, 0.3) is 0 Å². The summed E-state index contributed by atoms with van der Waals surface area (Å²) >= 11 is 3.22. The first-order valence-electron chi connectivity index (χ1n) is 6.72. The summed E-state index contributed by atoms with van der Waals surface area (Å²) in [5, 5.41) is 2.99. The highest BCUT2D eigenvalue weighted by molar-refractivity contribution is 9.10. The zero-order chi connectivity index (χ0) is 14.8. The third-order valence-corrected chi connectivity index (χ3v) is 3.91. The van der Waals surface area contributed by atoms with Crippen LogP contribution in [0.5, 0.6) is 0 Å². The lowest BCUT2D eigenvalue weighted by Gasteiger charge is -2.24. The summed E-state index contributed by atoms with van der Waals surface area (Å²) in [6.45, 7) is 4.76. The lowest BCUT2D eigenvalue weighted by molar-refractivity contribution is -0.137. The Kier molecular flexibility index (Phi) is 4.96. The van der Waals surface area contributed by atoms with Gasteiger partial charge in [-0.1, -0.05) is 15.9 Å². The second-order valence-electron chi connectivity index (χ2n) is 5.24. The topological polar surface area (TPSA) is 15.3 Å². The van der Waals surface area contributed by atoms with Crippen molar-refractivity contribution in [3.05, 3.63) is 28.2 Å². The van der Waals surface area contributed by atoms with E-state index in [1.165, 1.54) is 25.0 Å². The van der Waals surface area contributed by atoms with Crippen molar-refractivity contribution in [2.45, 2.75) is 32.0 Å². The molecule has 0 aliphatic carbocycles. The molecule has 0 radical (unpaired) electrons. The largest absolute Gasteiger partial charge is 0.418 e. The molecule has 6 heteroatoms. The fourth-order valence-corrected chi connectivity index (χ4v) is 2.91. The van der Waals surface area contributed by atoms with Gasteiger partial charge in [0, 0.05) is 22.7 Å². The maximum Gasteiger partial charge on any atom is 0.418 e. The number of likely N-dealkylation sites (tertiary alicyclic amines) is 1. The predicted molar refractivity (Wildman–Crippen MR) is 77.9 cm³/mol. The van der Waals surface area contributed by atoms with E-state index in [1.54, 1.807) is 0 Å². The van der Waals surface area contributed by atoms with Crippen LogP contribution in [0, 0.1) is 0 Å². The first kappa shape index (κ1) is 15.6. The van der Waals surface area contributed by atoms with Crippen LogP contribution in [-0.4, -0.2) is 30.6 Å². The maximum atomic E-state index is 13.0. The molecule has 1 aliphatic rings. The van der Waals surface area contributed by atoms with Gasteiger partial charge in [0.25, 0.3) is 0 Å². The molecule has 2 nitrogen and oxygen atoms in total. The fraction of sp³-hybridized carbons (Fsp3) is 0.571. The Morgan fingerprint density at radius 3 is 2.55 bits per heavy atom. The van der Waals surface area contributed by atoms with Crippen LogP contribution in [-0.2, 0) is 6.18 Å². The summed E-state index contributed by atoms with van der Waals surface area (Å²) in [6.07, 6.45) is -1.98. The second kappa shape index (κ2) is 6.35. The van der Waals surface area contributed by atoms with E-state index >= 15 is 0 Å². The standard InChI is InChI=1S/C14H18BrF3N2/c1-10(9-20-6-2-3-7-20)19-13-8-11(15)4-5-12(13)14(16,17)18/h4-5,8,10,19H,2-3,6-7,9H2,1H3. The first-order valence-corrected chi connectivity index (χ1v) is 7.51. The minimum atomic E-state index is -4.34. The number of nitrogens with one attached hydrogen (secondary N) is 1. The number of hydrogen-bond acceptors (Lipinski definition) is 2. The average Bonchev–Trinajstić information content (AvgIpc) is 2.79. The lowest BCUT2D eigenvalue weighted by atomic mass is 10.1. The molecule has 112 valence electrons. The average molecular weight is 351 g/mol. The Morgan fingerprint density at radius 2 is 1.95 bits per heavy atom. The van der Waals surface area contributed by atoms with Crippen LogP contribution in [0.4, 0.5) is 18.9 Å². The lowest BCUT2D eigenvalue weighted by Crippen LogP contribution is -2.33. The molecule has 1 atom stereocenters. The van der Waals surface area contributed by atoms with Crippen LogP contribution < -0.4 is 5.32 Å². The summed E-state index contributed by atoms with van der Waals surface area (Å²) < 4.78 is 39.5. The van der Waals surface area contributed by atoms with Crippen molar-refractivity contribution in [1.29, 1.82) is 0 Å². The minimum absolute atomic E-state index is 0.0245. The molecular weight excluding hydrogens is 333 g/mol. The van der Waals surface area contributed by atoms with Gasteiger partial charge in [-0.2, -0.15) is 13.2 Å². The summed E-state index contributed by atoms with van der Waals surface area (Å²) in [7, 11) is 0. The number of alkyl halides is 3. The van der Waals surface area contributed by atoms with Crippen LogP contribution in [0.3, 0.4) is 0 Å². The van der Waals surface area contributed by atoms with E-state index in [9.17, 15) is 13.2 Å². The highest BCUT2D eigenvalue weighted by Gasteiger charge is 2.33. The van der Waals surface area contributed by atoms with Crippen molar-refractivity contribution < 1.29 is 13.2 Å². The molecular formula is C14H18BrF3N2. The number of benzene rings is 1. The van der Waals surface area contributed by atoms with Crippen molar-refractivity contribution >= 4 is 21.6 Å². The molecule has 0 saturated carbocycles.